The molecule has 0 saturated heterocycles. The minimum Gasteiger partial charge on any atom is -0.324 e. The Kier molecular flexibility index (Phi) is 4.61. The Labute approximate surface area is 142 Å². The quantitative estimate of drug-likeness (QED) is 0.790. The first-order valence-corrected chi connectivity index (χ1v) is 8.51. The van der Waals surface area contributed by atoms with E-state index in [9.17, 15) is 4.79 Å². The predicted molar refractivity (Wildman–Crippen MR) is 88.8 cm³/mol. The lowest BCUT2D eigenvalue weighted by Gasteiger charge is -2.11. The zero-order chi connectivity index (χ0) is 15.7. The fourth-order valence-electron chi connectivity index (χ4n) is 1.89. The van der Waals surface area contributed by atoms with Gasteiger partial charge in [0.25, 0.3) is 0 Å². The predicted octanol–water partition coefficient (Wildman–Crippen LogP) is 4.11. The molecule has 0 bridgehead atoms. The van der Waals surface area contributed by atoms with Gasteiger partial charge in [-0.2, -0.15) is 0 Å². The summed E-state index contributed by atoms with van der Waals surface area (Å²) >= 11 is 13.3. The molecule has 0 spiro atoms. The molecule has 0 aliphatic heterocycles. The molecule has 1 aromatic heterocycles. The molecule has 1 aliphatic carbocycles. The number of amides is 1. The number of benzene rings is 1. The fraction of sp³-hybridized carbons (Fsp3) is 0.357. The molecule has 5 nitrogen and oxygen atoms in total. The van der Waals surface area contributed by atoms with Crippen molar-refractivity contribution in [3.63, 3.8) is 0 Å². The number of hydrogen-bond donors (Lipinski definition) is 2. The van der Waals surface area contributed by atoms with E-state index >= 15 is 0 Å². The van der Waals surface area contributed by atoms with Crippen LogP contribution in [0.25, 0.3) is 0 Å². The van der Waals surface area contributed by atoms with E-state index in [1.165, 1.54) is 11.8 Å². The normalized spacial score (nSPS) is 15.6. The molecule has 3 rings (SSSR count). The van der Waals surface area contributed by atoms with E-state index in [1.807, 2.05) is 0 Å². The smallest absolute Gasteiger partial charge is 0.237 e. The van der Waals surface area contributed by atoms with Gasteiger partial charge in [-0.25, -0.2) is 4.98 Å². The van der Waals surface area contributed by atoms with Crippen LogP contribution in [0.15, 0.2) is 23.4 Å². The Morgan fingerprint density at radius 1 is 1.45 bits per heavy atom. The van der Waals surface area contributed by atoms with Crippen LogP contribution < -0.4 is 5.32 Å². The number of aromatic nitrogens is 3. The minimum atomic E-state index is -0.349. The lowest BCUT2D eigenvalue weighted by Crippen LogP contribution is -2.22. The topological polar surface area (TPSA) is 70.7 Å². The van der Waals surface area contributed by atoms with Gasteiger partial charge in [0.1, 0.15) is 5.82 Å². The van der Waals surface area contributed by atoms with E-state index in [-0.39, 0.29) is 11.2 Å². The van der Waals surface area contributed by atoms with Crippen LogP contribution in [0.1, 0.15) is 31.5 Å². The van der Waals surface area contributed by atoms with E-state index < -0.39 is 0 Å². The van der Waals surface area contributed by atoms with E-state index in [0.717, 1.165) is 18.7 Å². The van der Waals surface area contributed by atoms with Crippen LogP contribution in [0, 0.1) is 0 Å². The zero-order valence-corrected chi connectivity index (χ0v) is 14.1. The minimum absolute atomic E-state index is 0.174. The zero-order valence-electron chi connectivity index (χ0n) is 11.8. The molecule has 116 valence electrons. The van der Waals surface area contributed by atoms with Gasteiger partial charge in [0.2, 0.25) is 11.1 Å². The van der Waals surface area contributed by atoms with Crippen molar-refractivity contribution in [1.82, 2.24) is 15.2 Å². The Morgan fingerprint density at radius 2 is 2.23 bits per heavy atom. The van der Waals surface area contributed by atoms with Crippen molar-refractivity contribution in [2.75, 3.05) is 5.32 Å². The van der Waals surface area contributed by atoms with Crippen LogP contribution in [0.4, 0.5) is 5.69 Å². The molecule has 2 N–H and O–H groups in total. The molecule has 1 aromatic carbocycles. The van der Waals surface area contributed by atoms with E-state index in [0.29, 0.717) is 26.8 Å². The number of carbonyl (C=O) groups is 1. The summed E-state index contributed by atoms with van der Waals surface area (Å²) in [4.78, 5) is 16.6. The van der Waals surface area contributed by atoms with Crippen LogP contribution >= 0.6 is 35.0 Å². The third-order valence-electron chi connectivity index (χ3n) is 3.28. The number of nitrogens with one attached hydrogen (secondary N) is 2. The molecule has 1 heterocycles. The molecule has 1 fully saturated rings. The van der Waals surface area contributed by atoms with Crippen molar-refractivity contribution in [3.8, 4) is 0 Å². The van der Waals surface area contributed by atoms with Gasteiger partial charge in [0.05, 0.1) is 16.0 Å². The number of anilines is 1. The summed E-state index contributed by atoms with van der Waals surface area (Å²) in [6.45, 7) is 1.80. The van der Waals surface area contributed by atoms with Crippen molar-refractivity contribution in [3.05, 3.63) is 34.1 Å². The number of rotatable bonds is 5. The number of hydrogen-bond acceptors (Lipinski definition) is 4. The van der Waals surface area contributed by atoms with Crippen molar-refractivity contribution < 1.29 is 4.79 Å². The van der Waals surface area contributed by atoms with Crippen LogP contribution in [-0.4, -0.2) is 26.3 Å². The summed E-state index contributed by atoms with van der Waals surface area (Å²) in [5.74, 6) is 1.25. The van der Waals surface area contributed by atoms with Gasteiger partial charge in [-0.15, -0.1) is 5.10 Å². The maximum Gasteiger partial charge on any atom is 0.237 e. The number of halogens is 2. The van der Waals surface area contributed by atoms with E-state index in [1.54, 1.807) is 25.1 Å². The highest BCUT2D eigenvalue weighted by Crippen LogP contribution is 2.38. The molecular weight excluding hydrogens is 343 g/mol. The lowest BCUT2D eigenvalue weighted by molar-refractivity contribution is -0.115. The van der Waals surface area contributed by atoms with Gasteiger partial charge in [-0.3, -0.25) is 9.89 Å². The summed E-state index contributed by atoms with van der Waals surface area (Å²) in [5.41, 5.74) is 0.500. The Bertz CT molecular complexity index is 702. The second-order valence-electron chi connectivity index (χ2n) is 5.15. The molecule has 2 aromatic rings. The summed E-state index contributed by atoms with van der Waals surface area (Å²) in [6, 6.07) is 4.94. The Morgan fingerprint density at radius 3 is 2.95 bits per heavy atom. The fourth-order valence-corrected chi connectivity index (χ4v) is 2.96. The second kappa shape index (κ2) is 6.48. The highest BCUT2D eigenvalue weighted by atomic mass is 35.5. The number of H-pyrrole nitrogens is 1. The first kappa shape index (κ1) is 15.6. The van der Waals surface area contributed by atoms with Gasteiger partial charge >= 0.3 is 0 Å². The third-order valence-corrected chi connectivity index (χ3v) is 4.81. The average Bonchev–Trinajstić information content (AvgIpc) is 3.23. The average molecular weight is 357 g/mol. The van der Waals surface area contributed by atoms with E-state index in [2.05, 4.69) is 20.5 Å². The number of nitrogens with zero attached hydrogens (tertiary/aromatic N) is 2. The molecule has 1 saturated carbocycles. The highest BCUT2D eigenvalue weighted by Gasteiger charge is 2.28. The lowest BCUT2D eigenvalue weighted by atomic mass is 10.3. The van der Waals surface area contributed by atoms with Gasteiger partial charge in [-0.05, 0) is 38.0 Å². The maximum absolute atomic E-state index is 12.2. The molecule has 22 heavy (non-hydrogen) atoms. The molecule has 1 atom stereocenters. The van der Waals surface area contributed by atoms with Crippen molar-refractivity contribution in [2.45, 2.75) is 36.1 Å². The van der Waals surface area contributed by atoms with Crippen molar-refractivity contribution in [1.29, 1.82) is 0 Å². The van der Waals surface area contributed by atoms with Gasteiger partial charge in [0.15, 0.2) is 0 Å². The van der Waals surface area contributed by atoms with Gasteiger partial charge in [0, 0.05) is 10.9 Å². The summed E-state index contributed by atoms with van der Waals surface area (Å²) in [5, 5.41) is 11.0. The second-order valence-corrected chi connectivity index (χ2v) is 7.30. The molecule has 1 unspecified atom stereocenters. The standard InChI is InChI=1S/C14H14Cl2N4OS/c1-7(22-14-18-12(19-20-14)8-2-3-8)13(21)17-11-6-9(15)4-5-10(11)16/h4-8H,2-3H2,1H3,(H,17,21)(H,18,19,20). The van der Waals surface area contributed by atoms with Gasteiger partial charge in [-0.1, -0.05) is 35.0 Å². The first-order chi connectivity index (χ1) is 10.5. The SMILES string of the molecule is CC(Sc1n[nH]c(C2CC2)n1)C(=O)Nc1cc(Cl)ccc1Cl. The van der Waals surface area contributed by atoms with Crippen LogP contribution in [0.3, 0.4) is 0 Å². The Hall–Kier alpha value is -1.24. The largest absolute Gasteiger partial charge is 0.324 e. The Balaban J connectivity index is 1.62. The summed E-state index contributed by atoms with van der Waals surface area (Å²) in [6.07, 6.45) is 2.31. The number of thioether (sulfide) groups is 1. The molecule has 1 amide bonds. The number of aromatic amines is 1. The van der Waals surface area contributed by atoms with Crippen LogP contribution in [0.5, 0.6) is 0 Å². The van der Waals surface area contributed by atoms with Crippen molar-refractivity contribution >= 4 is 46.6 Å². The van der Waals surface area contributed by atoms with Crippen LogP contribution in [0.2, 0.25) is 10.0 Å². The first-order valence-electron chi connectivity index (χ1n) is 6.88. The molecule has 1 aliphatic rings. The maximum atomic E-state index is 12.2. The van der Waals surface area contributed by atoms with Crippen LogP contribution in [-0.2, 0) is 4.79 Å². The van der Waals surface area contributed by atoms with E-state index in [4.69, 9.17) is 23.2 Å². The third kappa shape index (κ3) is 3.74. The monoisotopic (exact) mass is 356 g/mol. The summed E-state index contributed by atoms with van der Waals surface area (Å²) in [7, 11) is 0. The van der Waals surface area contributed by atoms with Gasteiger partial charge < -0.3 is 5.32 Å². The van der Waals surface area contributed by atoms with Crippen molar-refractivity contribution in [2.24, 2.45) is 0 Å². The number of carbonyl (C=O) groups excluding carboxylic acids is 1. The molecular formula is C14H14Cl2N4OS. The summed E-state index contributed by atoms with van der Waals surface area (Å²) < 4.78 is 0. The molecule has 8 heteroatoms. The highest BCUT2D eigenvalue weighted by molar-refractivity contribution is 8.00. The molecule has 0 radical (unpaired) electrons.